The number of hydrogen-bond donors (Lipinski definition) is 0. The zero-order valence-corrected chi connectivity index (χ0v) is 18.5. The lowest BCUT2D eigenvalue weighted by Crippen LogP contribution is -2.37. The lowest BCUT2D eigenvalue weighted by Gasteiger charge is -2.31. The molecule has 7 heteroatoms. The lowest BCUT2D eigenvalue weighted by atomic mass is 10.1. The zero-order chi connectivity index (χ0) is 21.5. The van der Waals surface area contributed by atoms with E-state index in [-0.39, 0.29) is 10.8 Å². The Labute approximate surface area is 172 Å². The highest BCUT2D eigenvalue weighted by Crippen LogP contribution is 2.33. The molecule has 3 rings (SSSR count). The normalized spacial score (nSPS) is 15.1. The van der Waals surface area contributed by atoms with Crippen LogP contribution in [-0.4, -0.2) is 33.8 Å². The molecule has 0 fully saturated rings. The Balaban J connectivity index is 2.01. The van der Waals surface area contributed by atoms with Crippen LogP contribution in [-0.2, 0) is 10.0 Å². The van der Waals surface area contributed by atoms with Gasteiger partial charge in [-0.2, -0.15) is 8.42 Å². The summed E-state index contributed by atoms with van der Waals surface area (Å²) in [6.45, 7) is 10.5. The number of hydrogen-bond acceptors (Lipinski definition) is 4. The number of aryl methyl sites for hydroxylation is 2. The van der Waals surface area contributed by atoms with Crippen molar-refractivity contribution in [2.45, 2.75) is 39.5 Å². The van der Waals surface area contributed by atoms with Crippen LogP contribution in [0, 0.1) is 19.8 Å². The van der Waals surface area contributed by atoms with Gasteiger partial charge in [0.25, 0.3) is 15.9 Å². The van der Waals surface area contributed by atoms with E-state index in [1.807, 2.05) is 36.9 Å². The van der Waals surface area contributed by atoms with Gasteiger partial charge in [-0.3, -0.25) is 4.79 Å². The predicted octanol–water partition coefficient (Wildman–Crippen LogP) is 4.16. The molecule has 1 aliphatic heterocycles. The molecule has 0 saturated carbocycles. The van der Waals surface area contributed by atoms with Crippen molar-refractivity contribution in [2.75, 3.05) is 23.4 Å². The second kappa shape index (κ2) is 7.63. The average molecular weight is 414 g/mol. The summed E-state index contributed by atoms with van der Waals surface area (Å²) in [7, 11) is -2.15. The van der Waals surface area contributed by atoms with E-state index in [2.05, 4.69) is 18.2 Å². The molecule has 1 aliphatic rings. The molecule has 154 valence electrons. The third kappa shape index (κ3) is 4.05. The van der Waals surface area contributed by atoms with Crippen molar-refractivity contribution in [3.8, 4) is 0 Å². The average Bonchev–Trinajstić information content (AvgIpc) is 2.65. The van der Waals surface area contributed by atoms with Crippen molar-refractivity contribution in [3.63, 3.8) is 0 Å². The van der Waals surface area contributed by atoms with Crippen molar-refractivity contribution in [1.29, 1.82) is 0 Å². The highest BCUT2D eigenvalue weighted by Gasteiger charge is 2.30. The third-order valence-corrected chi connectivity index (χ3v) is 6.54. The zero-order valence-electron chi connectivity index (χ0n) is 17.7. The number of amidine groups is 1. The minimum absolute atomic E-state index is 0.0723. The van der Waals surface area contributed by atoms with Gasteiger partial charge in [0.05, 0.1) is 5.69 Å². The minimum atomic E-state index is -3.84. The van der Waals surface area contributed by atoms with E-state index in [0.717, 1.165) is 16.8 Å². The maximum atomic E-state index is 13.0. The summed E-state index contributed by atoms with van der Waals surface area (Å²) >= 11 is 0. The van der Waals surface area contributed by atoms with Crippen LogP contribution in [0.2, 0.25) is 0 Å². The molecule has 1 heterocycles. The summed E-state index contributed by atoms with van der Waals surface area (Å²) in [6.07, 6.45) is 0. The second-order valence-corrected chi connectivity index (χ2v) is 9.51. The molecule has 0 atom stereocenters. The van der Waals surface area contributed by atoms with Crippen molar-refractivity contribution >= 4 is 33.1 Å². The van der Waals surface area contributed by atoms with Crippen molar-refractivity contribution in [1.82, 2.24) is 0 Å². The Morgan fingerprint density at radius 1 is 1.07 bits per heavy atom. The third-order valence-electron chi connectivity index (χ3n) is 5.15. The van der Waals surface area contributed by atoms with Gasteiger partial charge in [-0.1, -0.05) is 19.9 Å². The van der Waals surface area contributed by atoms with Gasteiger partial charge in [0.1, 0.15) is 10.7 Å². The number of carbonyl (C=O) groups is 1. The maximum Gasteiger partial charge on any atom is 0.286 e. The topological polar surface area (TPSA) is 70.0 Å². The number of carbonyl (C=O) groups excluding carboxylic acids is 1. The van der Waals surface area contributed by atoms with Gasteiger partial charge >= 0.3 is 0 Å². The number of nitrogens with zero attached hydrogens (tertiary/aromatic N) is 3. The summed E-state index contributed by atoms with van der Waals surface area (Å²) in [4.78, 5) is 16.5. The van der Waals surface area contributed by atoms with E-state index in [1.54, 1.807) is 26.1 Å². The molecular formula is C22H27N3O3S. The molecule has 6 nitrogen and oxygen atoms in total. The van der Waals surface area contributed by atoms with Gasteiger partial charge in [0.2, 0.25) is 0 Å². The number of amides is 1. The SMILES string of the molecule is CC1=NS(=O)(=O)c2cc(C(=O)N(C)c3ccc(C)c(C)c3)ccc2N1CC(C)C. The van der Waals surface area contributed by atoms with Crippen LogP contribution < -0.4 is 9.80 Å². The van der Waals surface area contributed by atoms with Gasteiger partial charge in [0.15, 0.2) is 0 Å². The second-order valence-electron chi connectivity index (χ2n) is 7.93. The van der Waals surface area contributed by atoms with E-state index in [0.29, 0.717) is 29.5 Å². The molecule has 0 aliphatic carbocycles. The van der Waals surface area contributed by atoms with E-state index >= 15 is 0 Å². The van der Waals surface area contributed by atoms with E-state index in [9.17, 15) is 13.2 Å². The molecule has 0 radical (unpaired) electrons. The first kappa shape index (κ1) is 21.0. The number of sulfonamides is 1. The van der Waals surface area contributed by atoms with E-state index in [1.165, 1.54) is 11.0 Å². The van der Waals surface area contributed by atoms with Crippen LogP contribution in [0.1, 0.15) is 42.3 Å². The van der Waals surface area contributed by atoms with Gasteiger partial charge in [0, 0.05) is 24.8 Å². The van der Waals surface area contributed by atoms with Gasteiger partial charge in [-0.25, -0.2) is 0 Å². The largest absolute Gasteiger partial charge is 0.328 e. The summed E-state index contributed by atoms with van der Waals surface area (Å²) in [5, 5.41) is 0. The summed E-state index contributed by atoms with van der Waals surface area (Å²) < 4.78 is 29.3. The summed E-state index contributed by atoms with van der Waals surface area (Å²) in [5.74, 6) is 0.497. The minimum Gasteiger partial charge on any atom is -0.328 e. The number of benzene rings is 2. The molecule has 2 aromatic rings. The van der Waals surface area contributed by atoms with Crippen LogP contribution in [0.3, 0.4) is 0 Å². The van der Waals surface area contributed by atoms with Crippen molar-refractivity contribution in [3.05, 3.63) is 53.1 Å². The van der Waals surface area contributed by atoms with Crippen LogP contribution in [0.4, 0.5) is 11.4 Å². The Hall–Kier alpha value is -2.67. The quantitative estimate of drug-likeness (QED) is 0.755. The molecule has 0 bridgehead atoms. The summed E-state index contributed by atoms with van der Waals surface area (Å²) in [6, 6.07) is 10.6. The molecule has 0 N–H and O–H groups in total. The Kier molecular flexibility index (Phi) is 5.54. The molecule has 0 saturated heterocycles. The van der Waals surface area contributed by atoms with Crippen LogP contribution in [0.25, 0.3) is 0 Å². The highest BCUT2D eigenvalue weighted by molar-refractivity contribution is 7.90. The van der Waals surface area contributed by atoms with E-state index in [4.69, 9.17) is 0 Å². The Bertz CT molecular complexity index is 1100. The molecular weight excluding hydrogens is 386 g/mol. The van der Waals surface area contributed by atoms with Crippen LogP contribution in [0.5, 0.6) is 0 Å². The molecule has 2 aromatic carbocycles. The smallest absolute Gasteiger partial charge is 0.286 e. The van der Waals surface area contributed by atoms with Crippen LogP contribution in [0.15, 0.2) is 45.7 Å². The fourth-order valence-corrected chi connectivity index (χ4v) is 4.63. The fourth-order valence-electron chi connectivity index (χ4n) is 3.36. The monoisotopic (exact) mass is 413 g/mol. The highest BCUT2D eigenvalue weighted by atomic mass is 32.2. The fraction of sp³-hybridized carbons (Fsp3) is 0.364. The molecule has 0 spiro atoms. The first-order valence-corrected chi connectivity index (χ1v) is 11.0. The lowest BCUT2D eigenvalue weighted by molar-refractivity contribution is 0.0993. The molecule has 29 heavy (non-hydrogen) atoms. The standard InChI is InChI=1S/C22H27N3O3S/c1-14(2)13-25-17(5)23-29(27,28)21-12-18(8-10-20(21)25)22(26)24(6)19-9-7-15(3)16(4)11-19/h7-12,14H,13H2,1-6H3. The molecule has 0 unspecified atom stereocenters. The number of anilines is 2. The summed E-state index contributed by atoms with van der Waals surface area (Å²) in [5.41, 5.74) is 3.87. The van der Waals surface area contributed by atoms with Crippen molar-refractivity contribution < 1.29 is 13.2 Å². The van der Waals surface area contributed by atoms with E-state index < -0.39 is 10.0 Å². The Morgan fingerprint density at radius 2 is 1.76 bits per heavy atom. The first-order valence-electron chi connectivity index (χ1n) is 9.59. The molecule has 0 aromatic heterocycles. The van der Waals surface area contributed by atoms with Gasteiger partial charge in [-0.05, 0) is 68.1 Å². The van der Waals surface area contributed by atoms with Crippen molar-refractivity contribution in [2.24, 2.45) is 10.3 Å². The first-order chi connectivity index (χ1) is 13.5. The number of fused-ring (bicyclic) bond motifs is 1. The maximum absolute atomic E-state index is 13.0. The predicted molar refractivity (Wildman–Crippen MR) is 118 cm³/mol. The molecule has 1 amide bonds. The van der Waals surface area contributed by atoms with Crippen LogP contribution >= 0.6 is 0 Å². The van der Waals surface area contributed by atoms with Gasteiger partial charge < -0.3 is 9.80 Å². The number of rotatable bonds is 4. The Morgan fingerprint density at radius 3 is 2.38 bits per heavy atom. The van der Waals surface area contributed by atoms with Gasteiger partial charge in [-0.15, -0.1) is 4.40 Å².